The van der Waals surface area contributed by atoms with Gasteiger partial charge in [-0.1, -0.05) is 30.3 Å². The van der Waals surface area contributed by atoms with Crippen molar-refractivity contribution in [2.24, 2.45) is 0 Å². The van der Waals surface area contributed by atoms with E-state index in [1.54, 1.807) is 24.3 Å². The smallest absolute Gasteiger partial charge is 0.293 e. The minimum atomic E-state index is -0.319. The molecule has 3 aromatic carbocycles. The van der Waals surface area contributed by atoms with E-state index in [9.17, 15) is 14.4 Å². The molecule has 1 fully saturated rings. The fourth-order valence-electron chi connectivity index (χ4n) is 4.70. The van der Waals surface area contributed by atoms with Crippen LogP contribution < -0.4 is 14.8 Å². The molecular formula is C29H22IN3O5S. The first-order valence-electron chi connectivity index (χ1n) is 12.1. The summed E-state index contributed by atoms with van der Waals surface area (Å²) in [6.45, 7) is 2.37. The largest absolute Gasteiger partial charge is 0.454 e. The lowest BCUT2D eigenvalue weighted by Gasteiger charge is -2.12. The fourth-order valence-corrected chi connectivity index (χ4v) is 5.88. The Balaban J connectivity index is 1.26. The van der Waals surface area contributed by atoms with Crippen LogP contribution in [-0.4, -0.2) is 33.3 Å². The summed E-state index contributed by atoms with van der Waals surface area (Å²) in [5.74, 6) is 0.712. The first-order chi connectivity index (χ1) is 18.9. The van der Waals surface area contributed by atoms with Crippen LogP contribution in [0, 0.1) is 10.5 Å². The van der Waals surface area contributed by atoms with Crippen LogP contribution in [0.1, 0.15) is 16.8 Å². The number of para-hydroxylation sites is 1. The van der Waals surface area contributed by atoms with Crippen molar-refractivity contribution >= 4 is 74.1 Å². The molecule has 4 aromatic rings. The molecule has 8 nitrogen and oxygen atoms in total. The Morgan fingerprint density at radius 2 is 1.82 bits per heavy atom. The third-order valence-electron chi connectivity index (χ3n) is 6.64. The monoisotopic (exact) mass is 651 g/mol. The van der Waals surface area contributed by atoms with Crippen LogP contribution in [0.3, 0.4) is 0 Å². The van der Waals surface area contributed by atoms with E-state index in [4.69, 9.17) is 9.47 Å². The van der Waals surface area contributed by atoms with E-state index in [-0.39, 0.29) is 36.9 Å². The van der Waals surface area contributed by atoms with Gasteiger partial charge < -0.3 is 19.4 Å². The Labute approximate surface area is 242 Å². The molecule has 196 valence electrons. The van der Waals surface area contributed by atoms with Crippen molar-refractivity contribution in [3.05, 3.63) is 92.0 Å². The summed E-state index contributed by atoms with van der Waals surface area (Å²) in [4.78, 5) is 40.6. The lowest BCUT2D eigenvalue weighted by molar-refractivity contribution is -0.123. The summed E-state index contributed by atoms with van der Waals surface area (Å²) in [5, 5.41) is 3.52. The second kappa shape index (κ2) is 10.4. The fraction of sp³-hybridized carbons (Fsp3) is 0.138. The molecule has 39 heavy (non-hydrogen) atoms. The highest BCUT2D eigenvalue weighted by Crippen LogP contribution is 2.37. The SMILES string of the molecule is Cc1c(/C=C2\SC(=O)N(Cc3ccc(I)cc3)C2=O)c2ccccc2n1CC(=O)Nc1ccc2c(c1)OCO2. The van der Waals surface area contributed by atoms with Gasteiger partial charge in [0.25, 0.3) is 11.1 Å². The maximum atomic E-state index is 13.2. The van der Waals surface area contributed by atoms with E-state index < -0.39 is 0 Å². The number of hydrogen-bond donors (Lipinski definition) is 1. The lowest BCUT2D eigenvalue weighted by atomic mass is 10.1. The van der Waals surface area contributed by atoms with Gasteiger partial charge in [-0.15, -0.1) is 0 Å². The zero-order valence-corrected chi connectivity index (χ0v) is 23.7. The minimum Gasteiger partial charge on any atom is -0.454 e. The lowest BCUT2D eigenvalue weighted by Crippen LogP contribution is -2.27. The van der Waals surface area contributed by atoms with E-state index in [2.05, 4.69) is 27.9 Å². The van der Waals surface area contributed by atoms with Gasteiger partial charge in [0.05, 0.1) is 11.4 Å². The third kappa shape index (κ3) is 5.01. The second-order valence-electron chi connectivity index (χ2n) is 9.11. The van der Waals surface area contributed by atoms with Crippen LogP contribution >= 0.6 is 34.4 Å². The molecule has 0 bridgehead atoms. The predicted octanol–water partition coefficient (Wildman–Crippen LogP) is 6.16. The van der Waals surface area contributed by atoms with Gasteiger partial charge in [0.2, 0.25) is 12.7 Å². The number of thioether (sulfide) groups is 1. The van der Waals surface area contributed by atoms with Crippen LogP contribution in [0.15, 0.2) is 71.6 Å². The van der Waals surface area contributed by atoms with Gasteiger partial charge in [0.1, 0.15) is 6.54 Å². The summed E-state index contributed by atoms with van der Waals surface area (Å²) in [6, 6.07) is 20.7. The maximum absolute atomic E-state index is 13.2. The predicted molar refractivity (Wildman–Crippen MR) is 159 cm³/mol. The number of ether oxygens (including phenoxy) is 2. The van der Waals surface area contributed by atoms with Crippen molar-refractivity contribution < 1.29 is 23.9 Å². The molecule has 0 atom stereocenters. The van der Waals surface area contributed by atoms with Gasteiger partial charge in [-0.25, -0.2) is 0 Å². The van der Waals surface area contributed by atoms with E-state index in [0.717, 1.165) is 43.1 Å². The molecule has 0 unspecified atom stereocenters. The molecule has 0 saturated carbocycles. The van der Waals surface area contributed by atoms with Gasteiger partial charge in [-0.05, 0) is 83.2 Å². The number of halogens is 1. The first-order valence-corrected chi connectivity index (χ1v) is 14.0. The summed E-state index contributed by atoms with van der Waals surface area (Å²) in [7, 11) is 0. The highest BCUT2D eigenvalue weighted by Gasteiger charge is 2.35. The number of hydrogen-bond acceptors (Lipinski definition) is 6. The summed E-state index contributed by atoms with van der Waals surface area (Å²) < 4.78 is 13.7. The summed E-state index contributed by atoms with van der Waals surface area (Å²) in [6.07, 6.45) is 1.77. The average Bonchev–Trinajstić information content (AvgIpc) is 3.57. The molecule has 0 spiro atoms. The zero-order chi connectivity index (χ0) is 27.1. The van der Waals surface area contributed by atoms with Crippen LogP contribution in [0.4, 0.5) is 10.5 Å². The van der Waals surface area contributed by atoms with E-state index in [0.29, 0.717) is 22.1 Å². The van der Waals surface area contributed by atoms with E-state index in [1.807, 2.05) is 60.0 Å². The number of nitrogens with zero attached hydrogens (tertiary/aromatic N) is 2. The van der Waals surface area contributed by atoms with Gasteiger partial charge in [-0.3, -0.25) is 19.3 Å². The third-order valence-corrected chi connectivity index (χ3v) is 8.27. The van der Waals surface area contributed by atoms with Crippen molar-refractivity contribution in [1.29, 1.82) is 0 Å². The number of aromatic nitrogens is 1. The second-order valence-corrected chi connectivity index (χ2v) is 11.4. The molecule has 1 N–H and O–H groups in total. The number of fused-ring (bicyclic) bond motifs is 2. The topological polar surface area (TPSA) is 89.9 Å². The minimum absolute atomic E-state index is 0.0723. The van der Waals surface area contributed by atoms with Crippen molar-refractivity contribution in [3.8, 4) is 11.5 Å². The molecule has 0 radical (unpaired) electrons. The number of anilines is 1. The molecule has 1 saturated heterocycles. The number of nitrogens with one attached hydrogen (secondary N) is 1. The number of carbonyl (C=O) groups excluding carboxylic acids is 3. The highest BCUT2D eigenvalue weighted by atomic mass is 127. The van der Waals surface area contributed by atoms with Crippen LogP contribution in [0.5, 0.6) is 11.5 Å². The molecular weight excluding hydrogens is 629 g/mol. The maximum Gasteiger partial charge on any atom is 0.293 e. The molecule has 2 aliphatic rings. The van der Waals surface area contributed by atoms with Crippen molar-refractivity contribution in [2.75, 3.05) is 12.1 Å². The highest BCUT2D eigenvalue weighted by molar-refractivity contribution is 14.1. The van der Waals surface area contributed by atoms with Crippen LogP contribution in [-0.2, 0) is 22.7 Å². The molecule has 2 aliphatic heterocycles. The number of carbonyl (C=O) groups is 3. The standard InChI is InChI=1S/C29H22IN3O5S/c1-17-22(13-26-28(35)33(29(36)39-26)14-18-6-8-19(30)9-7-18)21-4-2-3-5-23(21)32(17)15-27(34)31-20-10-11-24-25(12-20)38-16-37-24/h2-13H,14-16H2,1H3,(H,31,34)/b26-13-. The van der Waals surface area contributed by atoms with Gasteiger partial charge in [0, 0.05) is 37.5 Å². The van der Waals surface area contributed by atoms with Crippen molar-refractivity contribution in [1.82, 2.24) is 9.47 Å². The molecule has 3 heterocycles. The van der Waals surface area contributed by atoms with Crippen LogP contribution in [0.25, 0.3) is 17.0 Å². The number of benzene rings is 3. The van der Waals surface area contributed by atoms with E-state index in [1.165, 1.54) is 4.90 Å². The molecule has 1 aromatic heterocycles. The molecule has 3 amide bonds. The Bertz CT molecular complexity index is 1680. The van der Waals surface area contributed by atoms with Gasteiger partial charge in [0.15, 0.2) is 11.5 Å². The zero-order valence-electron chi connectivity index (χ0n) is 20.8. The normalized spacial score (nSPS) is 15.5. The first kappa shape index (κ1) is 25.5. The molecule has 0 aliphatic carbocycles. The van der Waals surface area contributed by atoms with Gasteiger partial charge in [-0.2, -0.15) is 0 Å². The van der Waals surface area contributed by atoms with Crippen molar-refractivity contribution in [3.63, 3.8) is 0 Å². The van der Waals surface area contributed by atoms with Crippen LogP contribution in [0.2, 0.25) is 0 Å². The average molecular weight is 651 g/mol. The quantitative estimate of drug-likeness (QED) is 0.199. The van der Waals surface area contributed by atoms with Gasteiger partial charge >= 0.3 is 0 Å². The summed E-state index contributed by atoms with van der Waals surface area (Å²) in [5.41, 5.74) is 3.99. The van der Waals surface area contributed by atoms with Crippen molar-refractivity contribution in [2.45, 2.75) is 20.0 Å². The number of amides is 3. The molecule has 6 rings (SSSR count). The number of rotatable bonds is 6. The summed E-state index contributed by atoms with van der Waals surface area (Å²) >= 11 is 3.16. The molecule has 10 heteroatoms. The Kier molecular flexibility index (Phi) is 6.81. The Morgan fingerprint density at radius 1 is 1.05 bits per heavy atom. The van der Waals surface area contributed by atoms with E-state index >= 15 is 0 Å². The Morgan fingerprint density at radius 3 is 2.64 bits per heavy atom. The Hall–Kier alpha value is -3.77. The number of imide groups is 1.